The first kappa shape index (κ1) is 13.6. The summed E-state index contributed by atoms with van der Waals surface area (Å²) in [5, 5.41) is 3.18. The van der Waals surface area contributed by atoms with E-state index in [0.717, 1.165) is 25.1 Å². The number of nitrogens with two attached hydrogens (primary N) is 1. The number of nitrogens with zero attached hydrogens (tertiary/aromatic N) is 1. The van der Waals surface area contributed by atoms with Crippen LogP contribution in [0.5, 0.6) is 0 Å². The van der Waals surface area contributed by atoms with Crippen LogP contribution in [0.15, 0.2) is 27.8 Å². The van der Waals surface area contributed by atoms with Gasteiger partial charge in [-0.1, -0.05) is 13.8 Å². The summed E-state index contributed by atoms with van der Waals surface area (Å²) >= 11 is 0. The minimum atomic E-state index is 0.302. The molecule has 0 aromatic carbocycles. The quantitative estimate of drug-likeness (QED) is 0.588. The summed E-state index contributed by atoms with van der Waals surface area (Å²) in [6, 6.07) is 4.20. The zero-order valence-electron chi connectivity index (χ0n) is 10.9. The number of furan rings is 1. The van der Waals surface area contributed by atoms with Crippen molar-refractivity contribution in [1.29, 1.82) is 0 Å². The maximum absolute atomic E-state index is 5.79. The van der Waals surface area contributed by atoms with Crippen molar-refractivity contribution in [3.63, 3.8) is 0 Å². The van der Waals surface area contributed by atoms with Crippen LogP contribution in [0.1, 0.15) is 33.0 Å². The van der Waals surface area contributed by atoms with Gasteiger partial charge in [-0.25, -0.2) is 0 Å². The molecule has 1 rings (SSSR count). The molecule has 1 heterocycles. The van der Waals surface area contributed by atoms with Crippen LogP contribution in [0, 0.1) is 5.92 Å². The molecule has 1 atom stereocenters. The topological polar surface area (TPSA) is 63.5 Å². The molecule has 0 saturated heterocycles. The number of nitrogens with one attached hydrogen (secondary N) is 1. The van der Waals surface area contributed by atoms with E-state index in [-0.39, 0.29) is 0 Å². The summed E-state index contributed by atoms with van der Waals surface area (Å²) in [7, 11) is 0. The first-order valence-electron chi connectivity index (χ1n) is 6.16. The Morgan fingerprint density at radius 1 is 1.47 bits per heavy atom. The molecular weight excluding hydrogens is 214 g/mol. The fourth-order valence-electron chi connectivity index (χ4n) is 1.46. The molecule has 0 spiro atoms. The third kappa shape index (κ3) is 6.00. The van der Waals surface area contributed by atoms with Crippen LogP contribution >= 0.6 is 0 Å². The van der Waals surface area contributed by atoms with Gasteiger partial charge in [0, 0.05) is 19.0 Å². The summed E-state index contributed by atoms with van der Waals surface area (Å²) in [4.78, 5) is 4.27. The largest absolute Gasteiger partial charge is 0.469 e. The Morgan fingerprint density at radius 2 is 2.24 bits per heavy atom. The van der Waals surface area contributed by atoms with Crippen LogP contribution in [0.25, 0.3) is 0 Å². The van der Waals surface area contributed by atoms with Crippen molar-refractivity contribution >= 4 is 5.96 Å². The van der Waals surface area contributed by atoms with Gasteiger partial charge in [-0.15, -0.1) is 0 Å². The lowest BCUT2D eigenvalue weighted by atomic mass is 10.1. The van der Waals surface area contributed by atoms with Gasteiger partial charge in [0.1, 0.15) is 5.76 Å². The number of aliphatic imine (C=N–C) groups is 1. The predicted octanol–water partition coefficient (Wildman–Crippen LogP) is 2.16. The molecule has 1 unspecified atom stereocenters. The Balaban J connectivity index is 2.24. The van der Waals surface area contributed by atoms with Crippen LogP contribution in [-0.4, -0.2) is 18.5 Å². The Labute approximate surface area is 103 Å². The fourth-order valence-corrected chi connectivity index (χ4v) is 1.46. The second-order valence-electron chi connectivity index (χ2n) is 4.78. The number of hydrogen-bond acceptors (Lipinski definition) is 2. The third-order valence-corrected chi connectivity index (χ3v) is 2.42. The number of guanidine groups is 1. The van der Waals surface area contributed by atoms with E-state index in [1.807, 2.05) is 12.1 Å². The van der Waals surface area contributed by atoms with Crippen LogP contribution in [0.2, 0.25) is 0 Å². The zero-order valence-corrected chi connectivity index (χ0v) is 10.9. The Morgan fingerprint density at radius 3 is 2.82 bits per heavy atom. The van der Waals surface area contributed by atoms with Gasteiger partial charge in [0.15, 0.2) is 5.96 Å². The Kier molecular flexibility index (Phi) is 5.60. The highest BCUT2D eigenvalue weighted by Gasteiger charge is 2.04. The summed E-state index contributed by atoms with van der Waals surface area (Å²) in [6.07, 6.45) is 3.59. The predicted molar refractivity (Wildman–Crippen MR) is 71.0 cm³/mol. The molecule has 0 aliphatic heterocycles. The van der Waals surface area contributed by atoms with Gasteiger partial charge in [0.25, 0.3) is 0 Å². The first-order chi connectivity index (χ1) is 8.08. The molecule has 1 aromatic heterocycles. The third-order valence-electron chi connectivity index (χ3n) is 2.42. The standard InChI is InChI=1S/C13H23N3O/c1-10(2)9-15-13(14)16-11(3)6-7-12-5-4-8-17-12/h4-5,8,10-11H,6-7,9H2,1-3H3,(H3,14,15,16). The van der Waals surface area contributed by atoms with Gasteiger partial charge in [-0.05, 0) is 31.4 Å². The summed E-state index contributed by atoms with van der Waals surface area (Å²) < 4.78 is 5.28. The van der Waals surface area contributed by atoms with E-state index in [9.17, 15) is 0 Å². The molecule has 0 aliphatic carbocycles. The fraction of sp³-hybridized carbons (Fsp3) is 0.615. The van der Waals surface area contributed by atoms with Gasteiger partial charge >= 0.3 is 0 Å². The van der Waals surface area contributed by atoms with Crippen LogP contribution in [-0.2, 0) is 6.42 Å². The van der Waals surface area contributed by atoms with E-state index < -0.39 is 0 Å². The van der Waals surface area contributed by atoms with E-state index in [1.54, 1.807) is 6.26 Å². The van der Waals surface area contributed by atoms with Gasteiger partial charge in [-0.3, -0.25) is 4.99 Å². The molecule has 96 valence electrons. The molecular formula is C13H23N3O. The molecule has 4 heteroatoms. The van der Waals surface area contributed by atoms with E-state index in [2.05, 4.69) is 31.1 Å². The molecule has 0 bridgehead atoms. The lowest BCUT2D eigenvalue weighted by molar-refractivity contribution is 0.482. The Hall–Kier alpha value is -1.45. The van der Waals surface area contributed by atoms with Crippen molar-refractivity contribution in [2.24, 2.45) is 16.6 Å². The average Bonchev–Trinajstić information content (AvgIpc) is 2.76. The highest BCUT2D eigenvalue weighted by molar-refractivity contribution is 5.78. The van der Waals surface area contributed by atoms with Crippen molar-refractivity contribution in [1.82, 2.24) is 5.32 Å². The van der Waals surface area contributed by atoms with Gasteiger partial charge in [0.2, 0.25) is 0 Å². The molecule has 0 saturated carbocycles. The normalized spacial score (nSPS) is 14.0. The number of rotatable bonds is 6. The molecule has 4 nitrogen and oxygen atoms in total. The highest BCUT2D eigenvalue weighted by atomic mass is 16.3. The van der Waals surface area contributed by atoms with Crippen molar-refractivity contribution in [3.8, 4) is 0 Å². The molecule has 0 fully saturated rings. The second-order valence-corrected chi connectivity index (χ2v) is 4.78. The number of aryl methyl sites for hydroxylation is 1. The maximum atomic E-state index is 5.79. The minimum absolute atomic E-state index is 0.302. The zero-order chi connectivity index (χ0) is 12.7. The second kappa shape index (κ2) is 6.99. The highest BCUT2D eigenvalue weighted by Crippen LogP contribution is 2.05. The molecule has 1 aromatic rings. The Bertz CT molecular complexity index is 330. The van der Waals surface area contributed by atoms with Crippen molar-refractivity contribution in [2.75, 3.05) is 6.54 Å². The van der Waals surface area contributed by atoms with Crippen molar-refractivity contribution in [3.05, 3.63) is 24.2 Å². The summed E-state index contributed by atoms with van der Waals surface area (Å²) in [6.45, 7) is 7.11. The van der Waals surface area contributed by atoms with Crippen LogP contribution in [0.4, 0.5) is 0 Å². The van der Waals surface area contributed by atoms with Crippen molar-refractivity contribution in [2.45, 2.75) is 39.7 Å². The van der Waals surface area contributed by atoms with E-state index >= 15 is 0 Å². The van der Waals surface area contributed by atoms with Crippen LogP contribution < -0.4 is 11.1 Å². The van der Waals surface area contributed by atoms with E-state index in [4.69, 9.17) is 10.2 Å². The van der Waals surface area contributed by atoms with Crippen molar-refractivity contribution < 1.29 is 4.42 Å². The summed E-state index contributed by atoms with van der Waals surface area (Å²) in [5.41, 5.74) is 5.79. The van der Waals surface area contributed by atoms with E-state index in [1.165, 1.54) is 0 Å². The van der Waals surface area contributed by atoms with Gasteiger partial charge in [-0.2, -0.15) is 0 Å². The SMILES string of the molecule is CC(C)CN=C(N)NC(C)CCc1ccco1. The lowest BCUT2D eigenvalue weighted by Gasteiger charge is -2.14. The molecule has 3 N–H and O–H groups in total. The average molecular weight is 237 g/mol. The molecule has 0 amide bonds. The monoisotopic (exact) mass is 237 g/mol. The van der Waals surface area contributed by atoms with Gasteiger partial charge in [0.05, 0.1) is 6.26 Å². The molecule has 17 heavy (non-hydrogen) atoms. The summed E-state index contributed by atoms with van der Waals surface area (Å²) in [5.74, 6) is 2.08. The first-order valence-corrected chi connectivity index (χ1v) is 6.16. The smallest absolute Gasteiger partial charge is 0.188 e. The van der Waals surface area contributed by atoms with Gasteiger partial charge < -0.3 is 15.5 Å². The lowest BCUT2D eigenvalue weighted by Crippen LogP contribution is -2.38. The molecule has 0 radical (unpaired) electrons. The maximum Gasteiger partial charge on any atom is 0.188 e. The minimum Gasteiger partial charge on any atom is -0.469 e. The molecule has 0 aliphatic rings. The van der Waals surface area contributed by atoms with E-state index in [0.29, 0.717) is 17.9 Å². The van der Waals surface area contributed by atoms with Crippen LogP contribution in [0.3, 0.4) is 0 Å². The number of hydrogen-bond donors (Lipinski definition) is 2.